The van der Waals surface area contributed by atoms with Crippen molar-refractivity contribution in [1.82, 2.24) is 4.90 Å². The number of cyclic esters (lactones) is 1. The van der Waals surface area contributed by atoms with Gasteiger partial charge in [0.05, 0.1) is 31.8 Å². The van der Waals surface area contributed by atoms with E-state index in [9.17, 15) is 29.1 Å². The Balaban J connectivity index is 1.20. The van der Waals surface area contributed by atoms with Gasteiger partial charge < -0.3 is 38.3 Å². The first-order valence-electron chi connectivity index (χ1n) is 19.2. The van der Waals surface area contributed by atoms with Gasteiger partial charge in [-0.05, 0) is 49.1 Å². The van der Waals surface area contributed by atoms with E-state index in [2.05, 4.69) is 0 Å². The molecule has 0 radical (unpaired) electrons. The fourth-order valence-corrected chi connectivity index (χ4v) is 6.91. The molecule has 58 heavy (non-hydrogen) atoms. The van der Waals surface area contributed by atoms with Crippen molar-refractivity contribution in [3.05, 3.63) is 120 Å². The maximum Gasteiger partial charge on any atom is 0.417 e. The Bertz CT molecular complexity index is 1840. The van der Waals surface area contributed by atoms with Crippen molar-refractivity contribution in [2.24, 2.45) is 5.92 Å². The number of amides is 2. The van der Waals surface area contributed by atoms with Crippen molar-refractivity contribution in [3.8, 4) is 0 Å². The number of imide groups is 1. The zero-order chi connectivity index (χ0) is 41.6. The van der Waals surface area contributed by atoms with Crippen LogP contribution in [0.25, 0.3) is 0 Å². The van der Waals surface area contributed by atoms with E-state index in [4.69, 9.17) is 33.2 Å². The molecule has 3 aromatic rings. The highest BCUT2D eigenvalue weighted by atomic mass is 16.7. The summed E-state index contributed by atoms with van der Waals surface area (Å²) in [5, 5.41) is 10.3. The number of methoxy groups -OCH3 is 1. The lowest BCUT2D eigenvalue weighted by Crippen LogP contribution is -2.61. The van der Waals surface area contributed by atoms with Crippen molar-refractivity contribution in [3.63, 3.8) is 0 Å². The molecule has 1 N–H and O–H groups in total. The number of rotatable bonds is 20. The minimum Gasteiger partial charge on any atom is -0.453 e. The van der Waals surface area contributed by atoms with Crippen LogP contribution in [0.15, 0.2) is 103 Å². The number of aliphatic hydroxyl groups is 1. The monoisotopic (exact) mass is 801 g/mol. The van der Waals surface area contributed by atoms with E-state index in [1.54, 1.807) is 31.2 Å². The van der Waals surface area contributed by atoms with Gasteiger partial charge in [0.15, 0.2) is 24.0 Å². The third-order valence-electron chi connectivity index (χ3n) is 9.94. The summed E-state index contributed by atoms with van der Waals surface area (Å²) in [4.78, 5) is 65.6. The van der Waals surface area contributed by atoms with Gasteiger partial charge in [-0.1, -0.05) is 91.0 Å². The molecule has 2 fully saturated rings. The van der Waals surface area contributed by atoms with E-state index in [0.29, 0.717) is 5.56 Å². The number of benzene rings is 3. The third-order valence-corrected chi connectivity index (χ3v) is 9.94. The average molecular weight is 802 g/mol. The van der Waals surface area contributed by atoms with Crippen molar-refractivity contribution in [2.45, 2.75) is 95.8 Å². The number of aliphatic hydroxyl groups excluding tert-OH is 1. The molecule has 0 aliphatic carbocycles. The van der Waals surface area contributed by atoms with Gasteiger partial charge in [-0.2, -0.15) is 0 Å². The van der Waals surface area contributed by atoms with Crippen LogP contribution in [0.5, 0.6) is 0 Å². The zero-order valence-corrected chi connectivity index (χ0v) is 33.0. The Morgan fingerprint density at radius 2 is 1.41 bits per heavy atom. The highest BCUT2D eigenvalue weighted by molar-refractivity contribution is 6.04. The quantitative estimate of drug-likeness (QED) is 0.0914. The Labute approximate surface area is 337 Å². The van der Waals surface area contributed by atoms with Gasteiger partial charge >= 0.3 is 12.1 Å². The summed E-state index contributed by atoms with van der Waals surface area (Å²) >= 11 is 0. The molecule has 310 valence electrons. The fraction of sp³-hybridized carbons (Fsp3) is 0.432. The largest absolute Gasteiger partial charge is 0.453 e. The predicted octanol–water partition coefficient (Wildman–Crippen LogP) is 5.06. The van der Waals surface area contributed by atoms with E-state index >= 15 is 0 Å². The normalized spacial score (nSPS) is 24.3. The maximum atomic E-state index is 13.6. The van der Waals surface area contributed by atoms with Crippen LogP contribution in [0.3, 0.4) is 0 Å². The lowest BCUT2D eigenvalue weighted by molar-refractivity contribution is -0.319. The molecule has 2 saturated heterocycles. The Morgan fingerprint density at radius 1 is 0.828 bits per heavy atom. The number of ketones is 2. The van der Waals surface area contributed by atoms with Crippen LogP contribution in [0, 0.1) is 5.92 Å². The lowest BCUT2D eigenvalue weighted by Gasteiger charge is -2.45. The second-order valence-electron chi connectivity index (χ2n) is 14.1. The average Bonchev–Trinajstić information content (AvgIpc) is 3.54. The van der Waals surface area contributed by atoms with Crippen LogP contribution in [0.4, 0.5) is 4.79 Å². The highest BCUT2D eigenvalue weighted by Crippen LogP contribution is 2.34. The summed E-state index contributed by atoms with van der Waals surface area (Å²) in [6.45, 7) is 4.26. The summed E-state index contributed by atoms with van der Waals surface area (Å²) in [5.74, 6) is -4.09. The van der Waals surface area contributed by atoms with E-state index < -0.39 is 84.4 Å². The second kappa shape index (κ2) is 21.6. The molecule has 14 nitrogen and oxygen atoms in total. The van der Waals surface area contributed by atoms with Crippen LogP contribution >= 0.6 is 0 Å². The molecule has 0 aromatic heterocycles. The van der Waals surface area contributed by atoms with Crippen molar-refractivity contribution in [1.29, 1.82) is 0 Å². The molecule has 0 spiro atoms. The number of esters is 1. The van der Waals surface area contributed by atoms with E-state index in [1.165, 1.54) is 14.0 Å². The number of hydrogen-bond donors (Lipinski definition) is 1. The maximum absolute atomic E-state index is 13.6. The summed E-state index contributed by atoms with van der Waals surface area (Å²) in [6.07, 6.45) is -5.00. The summed E-state index contributed by atoms with van der Waals surface area (Å²) < 4.78 is 41.4. The van der Waals surface area contributed by atoms with Crippen molar-refractivity contribution < 1.29 is 62.2 Å². The predicted molar refractivity (Wildman–Crippen MR) is 208 cm³/mol. The molecule has 0 bridgehead atoms. The molecule has 2 aliphatic heterocycles. The Kier molecular flexibility index (Phi) is 16.4. The number of nitrogens with zero attached hydrogens (tertiary/aromatic N) is 1. The third kappa shape index (κ3) is 11.5. The molecule has 2 amide bonds. The van der Waals surface area contributed by atoms with Crippen LogP contribution in [0.1, 0.15) is 56.4 Å². The van der Waals surface area contributed by atoms with Crippen LogP contribution in [0.2, 0.25) is 0 Å². The van der Waals surface area contributed by atoms with E-state index in [1.807, 2.05) is 66.7 Å². The zero-order valence-electron chi connectivity index (χ0n) is 33.0. The number of hydrogen-bond acceptors (Lipinski definition) is 13. The summed E-state index contributed by atoms with van der Waals surface area (Å²) in [6, 6.07) is 27.3. The molecular formula is C44H51NO13. The molecule has 0 unspecified atom stereocenters. The van der Waals surface area contributed by atoms with Gasteiger partial charge in [0.2, 0.25) is 5.91 Å². The van der Waals surface area contributed by atoms with Crippen molar-refractivity contribution >= 4 is 29.5 Å². The van der Waals surface area contributed by atoms with Gasteiger partial charge in [-0.25, -0.2) is 9.69 Å². The van der Waals surface area contributed by atoms with E-state index in [-0.39, 0.29) is 39.3 Å². The molecule has 14 heteroatoms. The Hall–Kier alpha value is -5.09. The van der Waals surface area contributed by atoms with Gasteiger partial charge in [0.25, 0.3) is 0 Å². The highest BCUT2D eigenvalue weighted by Gasteiger charge is 2.49. The fourth-order valence-electron chi connectivity index (χ4n) is 6.91. The first kappa shape index (κ1) is 44.0. The second-order valence-corrected chi connectivity index (χ2v) is 14.1. The smallest absolute Gasteiger partial charge is 0.417 e. The van der Waals surface area contributed by atoms with Crippen LogP contribution in [-0.4, -0.2) is 103 Å². The van der Waals surface area contributed by atoms with Gasteiger partial charge in [0.1, 0.15) is 30.5 Å². The Morgan fingerprint density at radius 3 is 1.98 bits per heavy atom. The van der Waals surface area contributed by atoms with Crippen LogP contribution in [-0.2, 0) is 65.5 Å². The minimum absolute atomic E-state index is 0.0253. The van der Waals surface area contributed by atoms with Gasteiger partial charge in [-0.15, -0.1) is 0 Å². The molecule has 2 heterocycles. The first-order chi connectivity index (χ1) is 28.0. The van der Waals surface area contributed by atoms with E-state index in [0.717, 1.165) is 35.1 Å². The molecule has 5 rings (SSSR count). The standard InChI is InChI=1S/C44H51NO13/c1-28(42(50)45-29(2)38(58-44(45)51)33-19-12-7-13-20-33)37(56-30(3)47)35(49)23-22-34(48)21-14-24-53-41-40(55-27-32-17-10-6-11-18-32)39(36(25-46)57-43(41)52-4)54-26-31-15-8-5-9-16-31/h5-13,15-20,22-23,28-29,36-41,43,46H,14,21,24-27H2,1-4H3/t28-,29-,36-,37-,38-,39-,40+,41+,43+/m1/s1. The molecule has 3 aromatic carbocycles. The summed E-state index contributed by atoms with van der Waals surface area (Å²) in [7, 11) is 1.45. The lowest BCUT2D eigenvalue weighted by atomic mass is 9.96. The molecule has 0 saturated carbocycles. The number of ether oxygens (including phenoxy) is 7. The number of carbonyl (C=O) groups excluding carboxylic acids is 5. The molecule has 9 atom stereocenters. The van der Waals surface area contributed by atoms with Crippen LogP contribution < -0.4 is 0 Å². The minimum atomic E-state index is -1.60. The first-order valence-corrected chi connectivity index (χ1v) is 19.2. The number of allylic oxidation sites excluding steroid dienone is 1. The topological polar surface area (TPSA) is 173 Å². The summed E-state index contributed by atoms with van der Waals surface area (Å²) in [5.41, 5.74) is 2.52. The van der Waals surface area contributed by atoms with Crippen molar-refractivity contribution in [2.75, 3.05) is 20.3 Å². The van der Waals surface area contributed by atoms with Gasteiger partial charge in [0, 0.05) is 27.1 Å². The van der Waals surface area contributed by atoms with Gasteiger partial charge in [-0.3, -0.25) is 19.2 Å². The SMILES string of the molecule is CO[C@H]1O[C@H](CO)[C@@H](OCc2ccccc2)[C@H](OCc2ccccc2)[C@@H]1OCCCC(=O)C=CC(=O)[C@H](OC(C)=O)[C@@H](C)C(=O)N1C(=O)O[C@@H](c2ccccc2)[C@H]1C. The molecule has 2 aliphatic rings. The molecular weight excluding hydrogens is 750 g/mol. The number of carbonyl (C=O) groups is 5.